The first kappa shape index (κ1) is 14.9. The summed E-state index contributed by atoms with van der Waals surface area (Å²) in [7, 11) is 1.63. The molecule has 110 valence electrons. The van der Waals surface area contributed by atoms with Gasteiger partial charge in [0, 0.05) is 24.5 Å². The number of rotatable bonds is 3. The number of hydrogen-bond acceptors (Lipinski definition) is 3. The van der Waals surface area contributed by atoms with E-state index >= 15 is 0 Å². The molecular formula is C16H23NO3. The van der Waals surface area contributed by atoms with Gasteiger partial charge in [-0.1, -0.05) is 12.1 Å². The minimum absolute atomic E-state index is 0.00504. The molecule has 0 bridgehead atoms. The molecule has 4 heteroatoms. The second-order valence-electron chi connectivity index (χ2n) is 6.40. The van der Waals surface area contributed by atoms with E-state index in [0.717, 1.165) is 17.9 Å². The normalized spacial score (nSPS) is 23.8. The van der Waals surface area contributed by atoms with Gasteiger partial charge in [-0.25, -0.2) is 0 Å². The number of nitrogens with zero attached hydrogens (tertiary/aromatic N) is 1. The van der Waals surface area contributed by atoms with Crippen molar-refractivity contribution in [3.05, 3.63) is 29.8 Å². The molecule has 0 spiro atoms. The highest BCUT2D eigenvalue weighted by atomic mass is 16.5. The highest BCUT2D eigenvalue weighted by Crippen LogP contribution is 2.36. The zero-order valence-electron chi connectivity index (χ0n) is 12.6. The summed E-state index contributed by atoms with van der Waals surface area (Å²) in [6.07, 6.45) is 0. The highest BCUT2D eigenvalue weighted by Gasteiger charge is 2.41. The van der Waals surface area contributed by atoms with Crippen molar-refractivity contribution in [3.63, 3.8) is 0 Å². The van der Waals surface area contributed by atoms with Crippen LogP contribution in [-0.2, 0) is 4.79 Å². The van der Waals surface area contributed by atoms with Crippen molar-refractivity contribution in [3.8, 4) is 5.75 Å². The monoisotopic (exact) mass is 277 g/mol. The zero-order valence-corrected chi connectivity index (χ0v) is 12.6. The Morgan fingerprint density at radius 2 is 1.85 bits per heavy atom. The van der Waals surface area contributed by atoms with Gasteiger partial charge < -0.3 is 9.84 Å². The van der Waals surface area contributed by atoms with E-state index in [9.17, 15) is 9.90 Å². The number of benzene rings is 1. The number of aliphatic carboxylic acids is 1. The molecule has 4 nitrogen and oxygen atoms in total. The van der Waals surface area contributed by atoms with Crippen LogP contribution in [0.25, 0.3) is 0 Å². The second kappa shape index (κ2) is 5.44. The highest BCUT2D eigenvalue weighted by molar-refractivity contribution is 5.72. The number of methoxy groups -OCH3 is 1. The van der Waals surface area contributed by atoms with E-state index in [1.54, 1.807) is 7.11 Å². The Bertz CT molecular complexity index is 475. The van der Waals surface area contributed by atoms with E-state index < -0.39 is 5.97 Å². The van der Waals surface area contributed by atoms with Crippen molar-refractivity contribution in [1.82, 2.24) is 4.90 Å². The number of hydrogen-bond donors (Lipinski definition) is 1. The fourth-order valence-electron chi connectivity index (χ4n) is 2.79. The third-order valence-electron chi connectivity index (χ3n) is 4.13. The summed E-state index contributed by atoms with van der Waals surface area (Å²) < 4.78 is 5.15. The predicted molar refractivity (Wildman–Crippen MR) is 78.2 cm³/mol. The minimum Gasteiger partial charge on any atom is -0.497 e. The van der Waals surface area contributed by atoms with Crippen molar-refractivity contribution < 1.29 is 14.6 Å². The Labute approximate surface area is 120 Å². The van der Waals surface area contributed by atoms with Gasteiger partial charge in [-0.05, 0) is 38.5 Å². The first-order valence-electron chi connectivity index (χ1n) is 6.94. The lowest BCUT2D eigenvalue weighted by molar-refractivity contribution is -0.141. The summed E-state index contributed by atoms with van der Waals surface area (Å²) in [5.41, 5.74) is 1.07. The van der Waals surface area contributed by atoms with E-state index in [4.69, 9.17) is 4.74 Å². The molecule has 1 aromatic carbocycles. The first-order chi connectivity index (χ1) is 9.32. The topological polar surface area (TPSA) is 49.8 Å². The molecule has 0 amide bonds. The van der Waals surface area contributed by atoms with E-state index in [2.05, 4.69) is 25.7 Å². The minimum atomic E-state index is -0.711. The van der Waals surface area contributed by atoms with Gasteiger partial charge in [0.1, 0.15) is 5.75 Å². The van der Waals surface area contributed by atoms with Gasteiger partial charge in [-0.15, -0.1) is 0 Å². The van der Waals surface area contributed by atoms with Crippen molar-refractivity contribution >= 4 is 5.97 Å². The lowest BCUT2D eigenvalue weighted by Crippen LogP contribution is -2.40. The summed E-state index contributed by atoms with van der Waals surface area (Å²) in [5, 5.41) is 9.48. The smallest absolute Gasteiger partial charge is 0.308 e. The van der Waals surface area contributed by atoms with E-state index in [1.165, 1.54) is 0 Å². The third-order valence-corrected chi connectivity index (χ3v) is 4.13. The molecule has 1 N–H and O–H groups in total. The lowest BCUT2D eigenvalue weighted by atomic mass is 9.89. The van der Waals surface area contributed by atoms with Crippen molar-refractivity contribution in [2.45, 2.75) is 32.2 Å². The summed E-state index contributed by atoms with van der Waals surface area (Å²) in [6, 6.07) is 7.75. The van der Waals surface area contributed by atoms with Gasteiger partial charge in [0.25, 0.3) is 0 Å². The molecule has 0 radical (unpaired) electrons. The summed E-state index contributed by atoms with van der Waals surface area (Å²) in [6.45, 7) is 7.77. The lowest BCUT2D eigenvalue weighted by Gasteiger charge is -2.31. The number of carboxylic acids is 1. The number of carbonyl (C=O) groups is 1. The van der Waals surface area contributed by atoms with Crippen LogP contribution >= 0.6 is 0 Å². The van der Waals surface area contributed by atoms with Gasteiger partial charge in [-0.3, -0.25) is 9.69 Å². The molecule has 2 unspecified atom stereocenters. The standard InChI is InChI=1S/C16H23NO3/c1-16(2,3)17-9-13(14(10-17)15(18)19)11-5-7-12(20-4)8-6-11/h5-8,13-14H,9-10H2,1-4H3,(H,18,19). The fraction of sp³-hybridized carbons (Fsp3) is 0.562. The Hall–Kier alpha value is -1.55. The maximum atomic E-state index is 11.5. The number of likely N-dealkylation sites (tertiary alicyclic amines) is 1. The molecule has 1 aromatic rings. The van der Waals surface area contributed by atoms with Crippen LogP contribution in [0.15, 0.2) is 24.3 Å². The van der Waals surface area contributed by atoms with Crippen molar-refractivity contribution in [1.29, 1.82) is 0 Å². The Morgan fingerprint density at radius 1 is 1.25 bits per heavy atom. The van der Waals surface area contributed by atoms with E-state index in [-0.39, 0.29) is 17.4 Å². The van der Waals surface area contributed by atoms with Crippen LogP contribution in [0, 0.1) is 5.92 Å². The average molecular weight is 277 g/mol. The van der Waals surface area contributed by atoms with Gasteiger partial charge in [-0.2, -0.15) is 0 Å². The molecule has 0 aromatic heterocycles. The molecule has 1 saturated heterocycles. The molecule has 2 atom stereocenters. The quantitative estimate of drug-likeness (QED) is 0.922. The summed E-state index contributed by atoms with van der Waals surface area (Å²) in [4.78, 5) is 13.8. The van der Waals surface area contributed by atoms with Crippen molar-refractivity contribution in [2.24, 2.45) is 5.92 Å². The number of ether oxygens (including phenoxy) is 1. The van der Waals surface area contributed by atoms with Crippen LogP contribution in [0.1, 0.15) is 32.3 Å². The van der Waals surface area contributed by atoms with Crippen LogP contribution in [0.4, 0.5) is 0 Å². The first-order valence-corrected chi connectivity index (χ1v) is 6.94. The molecular weight excluding hydrogens is 254 g/mol. The van der Waals surface area contributed by atoms with E-state index in [1.807, 2.05) is 24.3 Å². The van der Waals surface area contributed by atoms with Crippen LogP contribution < -0.4 is 4.74 Å². The summed E-state index contributed by atoms with van der Waals surface area (Å²) in [5.74, 6) is -0.218. The van der Waals surface area contributed by atoms with Gasteiger partial charge in [0.15, 0.2) is 0 Å². The van der Waals surface area contributed by atoms with Crippen LogP contribution in [0.5, 0.6) is 5.75 Å². The average Bonchev–Trinajstić information content (AvgIpc) is 2.84. The second-order valence-corrected chi connectivity index (χ2v) is 6.40. The van der Waals surface area contributed by atoms with E-state index in [0.29, 0.717) is 6.54 Å². The largest absolute Gasteiger partial charge is 0.497 e. The molecule has 1 fully saturated rings. The SMILES string of the molecule is COc1ccc(C2CN(C(C)(C)C)CC2C(=O)O)cc1. The van der Waals surface area contributed by atoms with Gasteiger partial charge in [0.05, 0.1) is 13.0 Å². The summed E-state index contributed by atoms with van der Waals surface area (Å²) >= 11 is 0. The Kier molecular flexibility index (Phi) is 4.04. The van der Waals surface area contributed by atoms with Crippen LogP contribution in [0.3, 0.4) is 0 Å². The zero-order chi connectivity index (χ0) is 14.9. The molecule has 2 rings (SSSR count). The maximum Gasteiger partial charge on any atom is 0.308 e. The fourth-order valence-corrected chi connectivity index (χ4v) is 2.79. The van der Waals surface area contributed by atoms with Gasteiger partial charge >= 0.3 is 5.97 Å². The molecule has 20 heavy (non-hydrogen) atoms. The van der Waals surface area contributed by atoms with Crippen LogP contribution in [0.2, 0.25) is 0 Å². The Morgan fingerprint density at radius 3 is 2.30 bits per heavy atom. The van der Waals surface area contributed by atoms with Crippen molar-refractivity contribution in [2.75, 3.05) is 20.2 Å². The Balaban J connectivity index is 2.25. The molecule has 0 saturated carbocycles. The van der Waals surface area contributed by atoms with Gasteiger partial charge in [0.2, 0.25) is 0 Å². The maximum absolute atomic E-state index is 11.5. The third kappa shape index (κ3) is 2.96. The molecule has 1 aliphatic rings. The molecule has 1 heterocycles. The number of carboxylic acid groups (broad SMARTS) is 1. The molecule has 1 aliphatic heterocycles. The molecule has 0 aliphatic carbocycles. The van der Waals surface area contributed by atoms with Crippen LogP contribution in [-0.4, -0.2) is 41.7 Å². The predicted octanol–water partition coefficient (Wildman–Crippen LogP) is 2.59.